The number of rotatable bonds is 5. The summed E-state index contributed by atoms with van der Waals surface area (Å²) in [4.78, 5) is 0. The van der Waals surface area contributed by atoms with Crippen molar-refractivity contribution < 1.29 is 5.11 Å². The Kier molecular flexibility index (Phi) is 3.66. The Balaban J connectivity index is 2.04. The van der Waals surface area contributed by atoms with E-state index in [4.69, 9.17) is 5.11 Å². The van der Waals surface area contributed by atoms with Gasteiger partial charge >= 0.3 is 0 Å². The van der Waals surface area contributed by atoms with Crippen molar-refractivity contribution in [2.24, 2.45) is 0 Å². The van der Waals surface area contributed by atoms with Crippen molar-refractivity contribution in [1.29, 1.82) is 0 Å². The largest absolute Gasteiger partial charge is 0.393 e. The third-order valence-electron chi connectivity index (χ3n) is 1.65. The van der Waals surface area contributed by atoms with Crippen molar-refractivity contribution in [3.05, 3.63) is 6.33 Å². The van der Waals surface area contributed by atoms with Crippen molar-refractivity contribution in [2.45, 2.75) is 38.8 Å². The molecule has 0 saturated carbocycles. The van der Waals surface area contributed by atoms with Crippen LogP contribution in [0, 0.1) is 0 Å². The number of nitrogens with zero attached hydrogens (tertiary/aromatic N) is 4. The van der Waals surface area contributed by atoms with Gasteiger partial charge in [0, 0.05) is 6.54 Å². The zero-order valence-electron chi connectivity index (χ0n) is 7.22. The lowest BCUT2D eigenvalue weighted by Crippen LogP contribution is -2.02. The second kappa shape index (κ2) is 4.82. The van der Waals surface area contributed by atoms with Crippen molar-refractivity contribution in [2.75, 3.05) is 0 Å². The second-order valence-corrected chi connectivity index (χ2v) is 2.92. The summed E-state index contributed by atoms with van der Waals surface area (Å²) in [6.07, 6.45) is 4.27. The Morgan fingerprint density at radius 2 is 2.33 bits per heavy atom. The van der Waals surface area contributed by atoms with E-state index in [0.29, 0.717) is 0 Å². The van der Waals surface area contributed by atoms with Gasteiger partial charge in [-0.25, -0.2) is 4.68 Å². The zero-order chi connectivity index (χ0) is 8.81. The van der Waals surface area contributed by atoms with E-state index in [1.165, 1.54) is 0 Å². The van der Waals surface area contributed by atoms with Crippen LogP contribution >= 0.6 is 0 Å². The van der Waals surface area contributed by atoms with Crippen LogP contribution in [0.15, 0.2) is 6.33 Å². The summed E-state index contributed by atoms with van der Waals surface area (Å²) in [5.41, 5.74) is 0. The molecule has 68 valence electrons. The predicted octanol–water partition coefficient (Wildman–Crippen LogP) is 0.224. The Hall–Kier alpha value is -0.970. The van der Waals surface area contributed by atoms with Gasteiger partial charge in [0.1, 0.15) is 6.33 Å². The summed E-state index contributed by atoms with van der Waals surface area (Å²) in [5.74, 6) is 0. The lowest BCUT2D eigenvalue weighted by atomic mass is 10.2. The smallest absolute Gasteiger partial charge is 0.138 e. The SMILES string of the molecule is C[C@@H](O)CCCCn1cnnn1. The highest BCUT2D eigenvalue weighted by Gasteiger charge is 1.96. The third kappa shape index (κ3) is 3.43. The first-order valence-electron chi connectivity index (χ1n) is 4.18. The predicted molar refractivity (Wildman–Crippen MR) is 43.3 cm³/mol. The van der Waals surface area contributed by atoms with E-state index < -0.39 is 0 Å². The summed E-state index contributed by atoms with van der Waals surface area (Å²) >= 11 is 0. The first-order valence-corrected chi connectivity index (χ1v) is 4.18. The number of aliphatic hydroxyl groups is 1. The third-order valence-corrected chi connectivity index (χ3v) is 1.65. The van der Waals surface area contributed by atoms with E-state index >= 15 is 0 Å². The number of unbranched alkanes of at least 4 members (excludes halogenated alkanes) is 1. The van der Waals surface area contributed by atoms with Gasteiger partial charge in [-0.05, 0) is 36.6 Å². The number of aromatic nitrogens is 4. The van der Waals surface area contributed by atoms with Crippen LogP contribution in [0.3, 0.4) is 0 Å². The lowest BCUT2D eigenvalue weighted by molar-refractivity contribution is 0.180. The maximum atomic E-state index is 8.96. The lowest BCUT2D eigenvalue weighted by Gasteiger charge is -2.02. The number of hydrogen-bond donors (Lipinski definition) is 1. The normalized spacial score (nSPS) is 13.2. The molecular weight excluding hydrogens is 156 g/mol. The molecule has 0 fully saturated rings. The highest BCUT2D eigenvalue weighted by Crippen LogP contribution is 2.00. The van der Waals surface area contributed by atoms with Gasteiger partial charge in [-0.1, -0.05) is 0 Å². The highest BCUT2D eigenvalue weighted by atomic mass is 16.3. The van der Waals surface area contributed by atoms with Crippen LogP contribution in [-0.4, -0.2) is 31.4 Å². The van der Waals surface area contributed by atoms with Gasteiger partial charge in [0.25, 0.3) is 0 Å². The first kappa shape index (κ1) is 9.12. The summed E-state index contributed by atoms with van der Waals surface area (Å²) < 4.78 is 1.70. The van der Waals surface area contributed by atoms with Crippen LogP contribution in [0.4, 0.5) is 0 Å². The molecule has 0 radical (unpaired) electrons. The van der Waals surface area contributed by atoms with E-state index in [9.17, 15) is 0 Å². The molecule has 1 heterocycles. The monoisotopic (exact) mass is 170 g/mol. The van der Waals surface area contributed by atoms with Crippen molar-refractivity contribution in [3.63, 3.8) is 0 Å². The van der Waals surface area contributed by atoms with Gasteiger partial charge in [-0.15, -0.1) is 5.10 Å². The number of tetrazole rings is 1. The summed E-state index contributed by atoms with van der Waals surface area (Å²) in [6.45, 7) is 2.64. The van der Waals surface area contributed by atoms with Crippen LogP contribution in [0.25, 0.3) is 0 Å². The van der Waals surface area contributed by atoms with Crippen LogP contribution in [0.5, 0.6) is 0 Å². The molecule has 5 nitrogen and oxygen atoms in total. The number of aliphatic hydroxyl groups excluding tert-OH is 1. The van der Waals surface area contributed by atoms with E-state index in [0.717, 1.165) is 25.8 Å². The van der Waals surface area contributed by atoms with Crippen molar-refractivity contribution in [1.82, 2.24) is 20.2 Å². The van der Waals surface area contributed by atoms with E-state index in [-0.39, 0.29) is 6.10 Å². The molecule has 1 atom stereocenters. The molecule has 1 aromatic heterocycles. The Morgan fingerprint density at radius 3 is 2.92 bits per heavy atom. The molecule has 0 saturated heterocycles. The fourth-order valence-corrected chi connectivity index (χ4v) is 0.996. The minimum absolute atomic E-state index is 0.195. The van der Waals surface area contributed by atoms with Gasteiger partial charge in [0.05, 0.1) is 6.10 Å². The maximum absolute atomic E-state index is 8.96. The number of aryl methyl sites for hydroxylation is 1. The molecule has 12 heavy (non-hydrogen) atoms. The molecule has 1 aromatic rings. The minimum atomic E-state index is -0.195. The average molecular weight is 170 g/mol. The Morgan fingerprint density at radius 1 is 1.50 bits per heavy atom. The molecular formula is C7H14N4O. The first-order chi connectivity index (χ1) is 5.79. The fourth-order valence-electron chi connectivity index (χ4n) is 0.996. The Bertz CT molecular complexity index is 197. The standard InChI is InChI=1S/C7H14N4O/c1-7(12)4-2-3-5-11-6-8-9-10-11/h6-7,12H,2-5H2,1H3/t7-/m1/s1. The average Bonchev–Trinajstić information content (AvgIpc) is 2.49. The molecule has 1 rings (SSSR count). The number of hydrogen-bond acceptors (Lipinski definition) is 4. The maximum Gasteiger partial charge on any atom is 0.138 e. The van der Waals surface area contributed by atoms with Crippen molar-refractivity contribution >= 4 is 0 Å². The van der Waals surface area contributed by atoms with E-state index in [1.807, 2.05) is 0 Å². The van der Waals surface area contributed by atoms with Crippen molar-refractivity contribution in [3.8, 4) is 0 Å². The topological polar surface area (TPSA) is 63.8 Å². The molecule has 0 spiro atoms. The molecule has 0 bridgehead atoms. The van der Waals surface area contributed by atoms with Gasteiger partial charge in [-0.3, -0.25) is 0 Å². The van der Waals surface area contributed by atoms with Crippen LogP contribution in [0.1, 0.15) is 26.2 Å². The van der Waals surface area contributed by atoms with Crippen LogP contribution in [-0.2, 0) is 6.54 Å². The summed E-state index contributed by atoms with van der Waals surface area (Å²) in [7, 11) is 0. The van der Waals surface area contributed by atoms with Crippen LogP contribution in [0.2, 0.25) is 0 Å². The molecule has 0 aliphatic carbocycles. The van der Waals surface area contributed by atoms with E-state index in [1.54, 1.807) is 17.9 Å². The van der Waals surface area contributed by atoms with Crippen LogP contribution < -0.4 is 0 Å². The van der Waals surface area contributed by atoms with Gasteiger partial charge < -0.3 is 5.11 Å². The molecule has 5 heteroatoms. The van der Waals surface area contributed by atoms with Gasteiger partial charge in [0.2, 0.25) is 0 Å². The fraction of sp³-hybridized carbons (Fsp3) is 0.857. The molecule has 0 amide bonds. The molecule has 0 aliphatic rings. The minimum Gasteiger partial charge on any atom is -0.393 e. The quantitative estimate of drug-likeness (QED) is 0.642. The Labute approximate surface area is 71.4 Å². The molecule has 0 unspecified atom stereocenters. The second-order valence-electron chi connectivity index (χ2n) is 2.92. The van der Waals surface area contributed by atoms with E-state index in [2.05, 4.69) is 15.5 Å². The zero-order valence-corrected chi connectivity index (χ0v) is 7.22. The summed E-state index contributed by atoms with van der Waals surface area (Å²) in [6, 6.07) is 0. The summed E-state index contributed by atoms with van der Waals surface area (Å²) in [5, 5.41) is 19.7. The van der Waals surface area contributed by atoms with Gasteiger partial charge in [-0.2, -0.15) is 0 Å². The molecule has 1 N–H and O–H groups in total. The molecule has 0 aliphatic heterocycles. The molecule has 0 aromatic carbocycles. The highest BCUT2D eigenvalue weighted by molar-refractivity contribution is 4.50. The van der Waals surface area contributed by atoms with Gasteiger partial charge in [0.15, 0.2) is 0 Å².